The summed E-state index contributed by atoms with van der Waals surface area (Å²) in [6, 6.07) is 31.8. The van der Waals surface area contributed by atoms with Crippen LogP contribution in [0.5, 0.6) is 0 Å². The number of hydrogen-bond donors (Lipinski definition) is 0. The minimum Gasteiger partial charge on any atom is -0.242 e. The van der Waals surface area contributed by atoms with Crippen LogP contribution in [0.1, 0.15) is 33.2 Å². The summed E-state index contributed by atoms with van der Waals surface area (Å²) in [6.07, 6.45) is -1.22. The predicted octanol–water partition coefficient (Wildman–Crippen LogP) is 10.3. The van der Waals surface area contributed by atoms with Crippen molar-refractivity contribution in [3.05, 3.63) is 118 Å². The summed E-state index contributed by atoms with van der Waals surface area (Å²) in [7, 11) is 0. The van der Waals surface area contributed by atoms with Crippen LogP contribution >= 0.6 is 22.7 Å². The van der Waals surface area contributed by atoms with Crippen LogP contribution < -0.4 is 0 Å². The number of hydrogen-bond acceptors (Lipinski definition) is 2. The van der Waals surface area contributed by atoms with Crippen LogP contribution in [0.25, 0.3) is 42.4 Å². The highest BCUT2D eigenvalue weighted by Gasteiger charge is 2.29. The number of halogens is 2. The van der Waals surface area contributed by atoms with Crippen molar-refractivity contribution in [1.82, 2.24) is 0 Å². The molecule has 0 spiro atoms. The molecule has 0 fully saturated rings. The zero-order chi connectivity index (χ0) is 24.2. The second-order valence-corrected chi connectivity index (χ2v) is 11.7. The van der Waals surface area contributed by atoms with Crippen molar-refractivity contribution in [2.45, 2.75) is 25.2 Å². The summed E-state index contributed by atoms with van der Waals surface area (Å²) >= 11 is 3.41. The molecule has 0 nitrogen and oxygen atoms in total. The normalized spacial score (nSPS) is 13.8. The molecule has 0 N–H and O–H groups in total. The standard InChI is InChI=1S/C32H22F2S2/c33-27(19-7-3-1-4-8-19)17-23-15-21-11-13-25-29(31(21)35-23)26-14-12-22-16-24(36-32(22)30(25)26)18-28(34)20-9-5-2-6-10-20/h1-16,27-28H,17-18H2. The summed E-state index contributed by atoms with van der Waals surface area (Å²) in [4.78, 5) is 2.13. The molecule has 2 unspecified atom stereocenters. The molecule has 36 heavy (non-hydrogen) atoms. The summed E-state index contributed by atoms with van der Waals surface area (Å²) < 4.78 is 32.3. The maximum Gasteiger partial charge on any atom is 0.130 e. The molecular formula is C32H22F2S2. The smallest absolute Gasteiger partial charge is 0.130 e. The van der Waals surface area contributed by atoms with Crippen LogP contribution in [0.15, 0.2) is 97.1 Å². The Kier molecular flexibility index (Phi) is 5.26. The quantitative estimate of drug-likeness (QED) is 0.210. The Labute approximate surface area is 216 Å². The van der Waals surface area contributed by atoms with E-state index in [2.05, 4.69) is 36.4 Å². The van der Waals surface area contributed by atoms with Gasteiger partial charge in [-0.15, -0.1) is 22.7 Å². The van der Waals surface area contributed by atoms with Crippen LogP contribution in [0.4, 0.5) is 8.78 Å². The topological polar surface area (TPSA) is 0 Å². The van der Waals surface area contributed by atoms with Crippen LogP contribution in [0.3, 0.4) is 0 Å². The summed E-state index contributed by atoms with van der Waals surface area (Å²) in [5.41, 5.74) is 6.52. The Bertz CT molecular complexity index is 1570. The Morgan fingerprint density at radius 3 is 1.36 bits per heavy atom. The Balaban J connectivity index is 1.21. The second kappa shape index (κ2) is 8.65. The van der Waals surface area contributed by atoms with E-state index in [1.54, 1.807) is 22.7 Å². The molecule has 4 aromatic carbocycles. The van der Waals surface area contributed by atoms with Crippen molar-refractivity contribution >= 4 is 42.8 Å². The van der Waals surface area contributed by atoms with E-state index >= 15 is 0 Å². The SMILES string of the molecule is FC(Cc1cc2ccc3c(c2s1)-c1ccc2cc(CC(F)c4ccccc4)sc2c1-3)c1ccccc1. The molecule has 2 heterocycles. The van der Waals surface area contributed by atoms with Crippen molar-refractivity contribution < 1.29 is 8.78 Å². The molecule has 176 valence electrons. The molecule has 6 aromatic rings. The number of rotatable bonds is 6. The van der Waals surface area contributed by atoms with E-state index in [0.717, 1.165) is 20.9 Å². The molecule has 0 bridgehead atoms. The molecule has 1 aliphatic rings. The van der Waals surface area contributed by atoms with Crippen LogP contribution in [0, 0.1) is 0 Å². The van der Waals surface area contributed by atoms with E-state index in [4.69, 9.17) is 0 Å². The van der Waals surface area contributed by atoms with E-state index in [-0.39, 0.29) is 0 Å². The van der Waals surface area contributed by atoms with Gasteiger partial charge in [0.05, 0.1) is 0 Å². The molecule has 0 saturated carbocycles. The zero-order valence-electron chi connectivity index (χ0n) is 19.4. The van der Waals surface area contributed by atoms with E-state index < -0.39 is 12.3 Å². The first-order valence-electron chi connectivity index (χ1n) is 12.2. The average Bonchev–Trinajstić information content (AvgIpc) is 3.48. The van der Waals surface area contributed by atoms with Gasteiger partial charge in [-0.25, -0.2) is 8.78 Å². The van der Waals surface area contributed by atoms with Crippen LogP contribution in [-0.2, 0) is 12.8 Å². The second-order valence-electron chi connectivity index (χ2n) is 9.40. The largest absolute Gasteiger partial charge is 0.242 e. The molecule has 0 radical (unpaired) electrons. The van der Waals surface area contributed by atoms with Crippen molar-refractivity contribution in [1.29, 1.82) is 0 Å². The van der Waals surface area contributed by atoms with Gasteiger partial charge >= 0.3 is 0 Å². The van der Waals surface area contributed by atoms with Gasteiger partial charge in [0.25, 0.3) is 0 Å². The lowest BCUT2D eigenvalue weighted by atomic mass is 9.79. The Hall–Kier alpha value is -3.34. The summed E-state index contributed by atoms with van der Waals surface area (Å²) in [5, 5.41) is 2.35. The van der Waals surface area contributed by atoms with Gasteiger partial charge < -0.3 is 0 Å². The number of fused-ring (bicyclic) bond motifs is 8. The van der Waals surface area contributed by atoms with E-state index in [1.165, 1.54) is 42.4 Å². The molecule has 0 aliphatic heterocycles. The van der Waals surface area contributed by atoms with Crippen molar-refractivity contribution in [2.24, 2.45) is 0 Å². The third kappa shape index (κ3) is 3.59. The molecule has 0 saturated heterocycles. The van der Waals surface area contributed by atoms with E-state index in [9.17, 15) is 8.78 Å². The van der Waals surface area contributed by atoms with Gasteiger partial charge in [0.1, 0.15) is 12.3 Å². The Morgan fingerprint density at radius 2 is 0.944 bits per heavy atom. The fourth-order valence-corrected chi connectivity index (χ4v) is 7.80. The van der Waals surface area contributed by atoms with Gasteiger partial charge in [-0.05, 0) is 45.2 Å². The van der Waals surface area contributed by atoms with Crippen molar-refractivity contribution in [3.63, 3.8) is 0 Å². The number of thiophene rings is 2. The van der Waals surface area contributed by atoms with Gasteiger partial charge in [0.15, 0.2) is 0 Å². The van der Waals surface area contributed by atoms with Gasteiger partial charge in [0, 0.05) is 43.1 Å². The lowest BCUT2D eigenvalue weighted by Gasteiger charge is -2.25. The third-order valence-electron chi connectivity index (χ3n) is 7.10. The molecule has 0 amide bonds. The highest BCUT2D eigenvalue weighted by molar-refractivity contribution is 7.20. The maximum absolute atomic E-state index is 14.9. The first-order chi connectivity index (χ1) is 17.7. The minimum atomic E-state index is -1.00. The highest BCUT2D eigenvalue weighted by Crippen LogP contribution is 2.56. The molecule has 4 heteroatoms. The van der Waals surface area contributed by atoms with Crippen LogP contribution in [0.2, 0.25) is 0 Å². The summed E-state index contributed by atoms with van der Waals surface area (Å²) in [5.74, 6) is 0. The average molecular weight is 509 g/mol. The van der Waals surface area contributed by atoms with Crippen molar-refractivity contribution in [2.75, 3.05) is 0 Å². The van der Waals surface area contributed by atoms with Gasteiger partial charge in [0.2, 0.25) is 0 Å². The molecule has 2 aromatic heterocycles. The van der Waals surface area contributed by atoms with Gasteiger partial charge in [-0.1, -0.05) is 84.9 Å². The summed E-state index contributed by atoms with van der Waals surface area (Å²) in [6.45, 7) is 0. The lowest BCUT2D eigenvalue weighted by Crippen LogP contribution is -1.98. The monoisotopic (exact) mass is 508 g/mol. The molecule has 1 aliphatic carbocycles. The highest BCUT2D eigenvalue weighted by atomic mass is 32.1. The first kappa shape index (κ1) is 21.9. The fraction of sp³-hybridized carbons (Fsp3) is 0.125. The van der Waals surface area contributed by atoms with Gasteiger partial charge in [-0.2, -0.15) is 0 Å². The minimum absolute atomic E-state index is 0.393. The number of benzene rings is 4. The lowest BCUT2D eigenvalue weighted by molar-refractivity contribution is 0.344. The first-order valence-corrected chi connectivity index (χ1v) is 13.8. The van der Waals surface area contributed by atoms with E-state index in [0.29, 0.717) is 12.8 Å². The van der Waals surface area contributed by atoms with Crippen molar-refractivity contribution in [3.8, 4) is 22.3 Å². The Morgan fingerprint density at radius 1 is 0.528 bits per heavy atom. The van der Waals surface area contributed by atoms with Gasteiger partial charge in [-0.3, -0.25) is 0 Å². The molecule has 7 rings (SSSR count). The zero-order valence-corrected chi connectivity index (χ0v) is 21.0. The number of alkyl halides is 2. The van der Waals surface area contributed by atoms with E-state index in [1.807, 2.05) is 60.7 Å². The maximum atomic E-state index is 14.9. The molecule has 2 atom stereocenters. The third-order valence-corrected chi connectivity index (χ3v) is 9.48. The predicted molar refractivity (Wildman–Crippen MR) is 150 cm³/mol. The fourth-order valence-electron chi connectivity index (χ4n) is 5.32. The molecular weight excluding hydrogens is 486 g/mol. The van der Waals surface area contributed by atoms with Crippen LogP contribution in [-0.4, -0.2) is 0 Å².